The predicted octanol–water partition coefficient (Wildman–Crippen LogP) is 2.14. The van der Waals surface area contributed by atoms with Crippen molar-refractivity contribution >= 4 is 11.9 Å². The summed E-state index contributed by atoms with van der Waals surface area (Å²) in [5.41, 5.74) is -0.414. The smallest absolute Gasteiger partial charge is 0.410 e. The molecule has 0 aromatic carbocycles. The number of carbonyl (C=O) groups is 2. The van der Waals surface area contributed by atoms with Gasteiger partial charge >= 0.3 is 6.09 Å². The first kappa shape index (κ1) is 12.1. The van der Waals surface area contributed by atoms with Crippen molar-refractivity contribution in [3.05, 3.63) is 12.2 Å². The third-order valence-corrected chi connectivity index (χ3v) is 3.16. The summed E-state index contributed by atoms with van der Waals surface area (Å²) in [4.78, 5) is 24.5. The number of hydrogen-bond acceptors (Lipinski definition) is 3. The van der Waals surface area contributed by atoms with Gasteiger partial charge < -0.3 is 9.64 Å². The molecular weight excluding hydrogens is 218 g/mol. The molecule has 0 saturated carbocycles. The van der Waals surface area contributed by atoms with E-state index >= 15 is 0 Å². The first-order valence-corrected chi connectivity index (χ1v) is 6.00. The zero-order valence-corrected chi connectivity index (χ0v) is 10.7. The van der Waals surface area contributed by atoms with E-state index in [4.69, 9.17) is 4.74 Å². The molecule has 2 aliphatic rings. The maximum absolute atomic E-state index is 11.7. The van der Waals surface area contributed by atoms with Crippen LogP contribution in [-0.4, -0.2) is 35.5 Å². The average molecular weight is 237 g/mol. The highest BCUT2D eigenvalue weighted by molar-refractivity contribution is 5.90. The molecular formula is C13H19NO3. The standard InChI is InChI=1S/C13H19NO3/c1-12(2,3)17-11(16)14-8-13(9-14)6-4-10(15)5-7-13/h4,6H,5,7-9H2,1-3H3. The lowest BCUT2D eigenvalue weighted by Gasteiger charge is -2.49. The number of ether oxygens (including phenoxy) is 1. The third-order valence-electron chi connectivity index (χ3n) is 3.16. The van der Waals surface area contributed by atoms with Gasteiger partial charge in [0.2, 0.25) is 0 Å². The molecule has 0 aromatic rings. The van der Waals surface area contributed by atoms with Crippen molar-refractivity contribution in [3.63, 3.8) is 0 Å². The average Bonchev–Trinajstić information content (AvgIpc) is 2.13. The molecule has 0 unspecified atom stereocenters. The van der Waals surface area contributed by atoms with Crippen molar-refractivity contribution in [2.45, 2.75) is 39.2 Å². The molecule has 4 heteroatoms. The zero-order chi connectivity index (χ0) is 12.7. The largest absolute Gasteiger partial charge is 0.444 e. The maximum Gasteiger partial charge on any atom is 0.410 e. The van der Waals surface area contributed by atoms with Crippen molar-refractivity contribution in [2.24, 2.45) is 5.41 Å². The molecule has 0 atom stereocenters. The van der Waals surface area contributed by atoms with E-state index in [0.29, 0.717) is 19.5 Å². The maximum atomic E-state index is 11.7. The van der Waals surface area contributed by atoms with Crippen LogP contribution in [-0.2, 0) is 9.53 Å². The van der Waals surface area contributed by atoms with Gasteiger partial charge in [-0.25, -0.2) is 4.79 Å². The third kappa shape index (κ3) is 2.68. The van der Waals surface area contributed by atoms with Gasteiger partial charge in [0.25, 0.3) is 0 Å². The Morgan fingerprint density at radius 2 is 2.06 bits per heavy atom. The Bertz CT molecular complexity index is 373. The van der Waals surface area contributed by atoms with Gasteiger partial charge in [-0.3, -0.25) is 4.79 Å². The van der Waals surface area contributed by atoms with E-state index in [1.807, 2.05) is 26.8 Å². The molecule has 0 radical (unpaired) electrons. The fraction of sp³-hybridized carbons (Fsp3) is 0.692. The lowest BCUT2D eigenvalue weighted by molar-refractivity contribution is -0.116. The Morgan fingerprint density at radius 3 is 2.53 bits per heavy atom. The van der Waals surface area contributed by atoms with E-state index in [1.54, 1.807) is 11.0 Å². The monoisotopic (exact) mass is 237 g/mol. The van der Waals surface area contributed by atoms with Crippen LogP contribution in [0, 0.1) is 5.41 Å². The summed E-state index contributed by atoms with van der Waals surface area (Å²) in [6, 6.07) is 0. The summed E-state index contributed by atoms with van der Waals surface area (Å²) < 4.78 is 5.29. The lowest BCUT2D eigenvalue weighted by atomic mass is 9.73. The number of rotatable bonds is 0. The molecule has 1 spiro atoms. The van der Waals surface area contributed by atoms with E-state index in [0.717, 1.165) is 6.42 Å². The minimum Gasteiger partial charge on any atom is -0.444 e. The summed E-state index contributed by atoms with van der Waals surface area (Å²) in [5, 5.41) is 0. The summed E-state index contributed by atoms with van der Waals surface area (Å²) in [5.74, 6) is 0.186. The number of carbonyl (C=O) groups excluding carboxylic acids is 2. The molecule has 1 fully saturated rings. The molecule has 1 saturated heterocycles. The summed E-state index contributed by atoms with van der Waals surface area (Å²) in [6.45, 7) is 6.93. The van der Waals surface area contributed by atoms with Crippen LogP contribution in [0.1, 0.15) is 33.6 Å². The van der Waals surface area contributed by atoms with Gasteiger partial charge in [-0.15, -0.1) is 0 Å². The molecule has 17 heavy (non-hydrogen) atoms. The van der Waals surface area contributed by atoms with Gasteiger partial charge in [-0.2, -0.15) is 0 Å². The van der Waals surface area contributed by atoms with Crippen LogP contribution in [0.25, 0.3) is 0 Å². The second-order valence-electron chi connectivity index (χ2n) is 6.00. The highest BCUT2D eigenvalue weighted by atomic mass is 16.6. The van der Waals surface area contributed by atoms with E-state index in [-0.39, 0.29) is 17.3 Å². The SMILES string of the molecule is CC(C)(C)OC(=O)N1CC2(C=CC(=O)CC2)C1. The molecule has 1 aliphatic heterocycles. The van der Waals surface area contributed by atoms with E-state index in [9.17, 15) is 9.59 Å². The zero-order valence-electron chi connectivity index (χ0n) is 10.7. The predicted molar refractivity (Wildman–Crippen MR) is 63.6 cm³/mol. The normalized spacial score (nSPS) is 22.5. The fourth-order valence-corrected chi connectivity index (χ4v) is 2.24. The molecule has 0 N–H and O–H groups in total. The molecule has 0 bridgehead atoms. The Labute approximate surface area is 102 Å². The lowest BCUT2D eigenvalue weighted by Crippen LogP contribution is -2.59. The summed E-state index contributed by atoms with van der Waals surface area (Å²) in [6.07, 6.45) is 4.80. The molecule has 0 aromatic heterocycles. The van der Waals surface area contributed by atoms with Gasteiger partial charge in [0.1, 0.15) is 5.60 Å². The fourth-order valence-electron chi connectivity index (χ4n) is 2.24. The molecule has 1 aliphatic carbocycles. The van der Waals surface area contributed by atoms with Crippen molar-refractivity contribution in [3.8, 4) is 0 Å². The van der Waals surface area contributed by atoms with Crippen LogP contribution < -0.4 is 0 Å². The molecule has 2 rings (SSSR count). The van der Waals surface area contributed by atoms with E-state index in [1.165, 1.54) is 0 Å². The van der Waals surface area contributed by atoms with Crippen molar-refractivity contribution in [1.82, 2.24) is 4.90 Å². The minimum absolute atomic E-state index is 0.0326. The molecule has 1 heterocycles. The topological polar surface area (TPSA) is 46.6 Å². The van der Waals surface area contributed by atoms with Crippen LogP contribution in [0.4, 0.5) is 4.79 Å². The van der Waals surface area contributed by atoms with Crippen LogP contribution in [0.5, 0.6) is 0 Å². The summed E-state index contributed by atoms with van der Waals surface area (Å²) in [7, 11) is 0. The number of ketones is 1. The second kappa shape index (κ2) is 3.86. The Morgan fingerprint density at radius 1 is 1.41 bits per heavy atom. The minimum atomic E-state index is -0.446. The van der Waals surface area contributed by atoms with Gasteiger partial charge in [-0.05, 0) is 33.3 Å². The van der Waals surface area contributed by atoms with Crippen molar-refractivity contribution in [1.29, 1.82) is 0 Å². The molecule has 4 nitrogen and oxygen atoms in total. The number of allylic oxidation sites excluding steroid dienone is 1. The number of hydrogen-bond donors (Lipinski definition) is 0. The summed E-state index contributed by atoms with van der Waals surface area (Å²) >= 11 is 0. The van der Waals surface area contributed by atoms with Crippen LogP contribution in [0.3, 0.4) is 0 Å². The molecule has 94 valence electrons. The number of likely N-dealkylation sites (tertiary alicyclic amines) is 1. The van der Waals surface area contributed by atoms with E-state index in [2.05, 4.69) is 0 Å². The quantitative estimate of drug-likeness (QED) is 0.648. The highest BCUT2D eigenvalue weighted by Gasteiger charge is 2.45. The first-order valence-electron chi connectivity index (χ1n) is 6.00. The van der Waals surface area contributed by atoms with Crippen molar-refractivity contribution < 1.29 is 14.3 Å². The Balaban J connectivity index is 1.88. The van der Waals surface area contributed by atoms with Gasteiger partial charge in [0, 0.05) is 24.9 Å². The van der Waals surface area contributed by atoms with E-state index < -0.39 is 5.60 Å². The highest BCUT2D eigenvalue weighted by Crippen LogP contribution is 2.39. The van der Waals surface area contributed by atoms with Gasteiger partial charge in [0.05, 0.1) is 0 Å². The number of amides is 1. The second-order valence-corrected chi connectivity index (χ2v) is 6.00. The Hall–Kier alpha value is -1.32. The van der Waals surface area contributed by atoms with Gasteiger partial charge in [0.15, 0.2) is 5.78 Å². The van der Waals surface area contributed by atoms with Crippen LogP contribution in [0.2, 0.25) is 0 Å². The van der Waals surface area contributed by atoms with Crippen LogP contribution in [0.15, 0.2) is 12.2 Å². The molecule has 1 amide bonds. The Kier molecular flexibility index (Phi) is 2.76. The number of nitrogens with zero attached hydrogens (tertiary/aromatic N) is 1. The van der Waals surface area contributed by atoms with Crippen molar-refractivity contribution in [2.75, 3.05) is 13.1 Å². The van der Waals surface area contributed by atoms with Crippen LogP contribution >= 0.6 is 0 Å². The first-order chi connectivity index (χ1) is 7.80. The van der Waals surface area contributed by atoms with Gasteiger partial charge in [-0.1, -0.05) is 6.08 Å².